The van der Waals surface area contributed by atoms with E-state index in [9.17, 15) is 9.59 Å². The first-order valence-electron chi connectivity index (χ1n) is 8.30. The number of carbonyl (C=O) groups is 2. The van der Waals surface area contributed by atoms with Crippen LogP contribution in [0, 0.1) is 6.92 Å². The molecule has 2 aromatic heterocycles. The van der Waals surface area contributed by atoms with Crippen molar-refractivity contribution in [3.8, 4) is 11.1 Å². The third-order valence-corrected chi connectivity index (χ3v) is 4.91. The Balaban J connectivity index is 1.63. The zero-order valence-corrected chi connectivity index (χ0v) is 15.4. The first-order chi connectivity index (χ1) is 12.5. The van der Waals surface area contributed by atoms with E-state index in [1.807, 2.05) is 42.6 Å². The lowest BCUT2D eigenvalue weighted by Gasteiger charge is -2.14. The minimum Gasteiger partial charge on any atom is -0.467 e. The molecule has 0 saturated heterocycles. The average Bonchev–Trinajstić information content (AvgIpc) is 3.32. The van der Waals surface area contributed by atoms with Crippen LogP contribution in [0.4, 0.5) is 0 Å². The lowest BCUT2D eigenvalue weighted by molar-refractivity contribution is -0.122. The van der Waals surface area contributed by atoms with Gasteiger partial charge in [0.2, 0.25) is 5.91 Å². The number of rotatable bonds is 6. The highest BCUT2D eigenvalue weighted by Gasteiger charge is 2.20. The largest absolute Gasteiger partial charge is 0.467 e. The molecule has 134 valence electrons. The molecule has 1 aromatic carbocycles. The van der Waals surface area contributed by atoms with Crippen LogP contribution in [0.1, 0.15) is 27.9 Å². The molecule has 1 unspecified atom stereocenters. The van der Waals surface area contributed by atoms with Gasteiger partial charge in [-0.15, -0.1) is 11.3 Å². The third-order valence-electron chi connectivity index (χ3n) is 3.99. The molecule has 0 saturated carbocycles. The van der Waals surface area contributed by atoms with Crippen molar-refractivity contribution in [1.82, 2.24) is 10.6 Å². The Bertz CT molecular complexity index is 882. The molecule has 0 aliphatic rings. The van der Waals surface area contributed by atoms with Gasteiger partial charge in [-0.3, -0.25) is 9.59 Å². The maximum atomic E-state index is 12.6. The lowest BCUT2D eigenvalue weighted by atomic mass is 10.0. The average molecular weight is 368 g/mol. The number of nitrogens with one attached hydrogen (secondary N) is 2. The highest BCUT2D eigenvalue weighted by atomic mass is 32.1. The number of amides is 2. The summed E-state index contributed by atoms with van der Waals surface area (Å²) in [5, 5.41) is 7.39. The fourth-order valence-corrected chi connectivity index (χ4v) is 3.33. The highest BCUT2D eigenvalue weighted by Crippen LogP contribution is 2.28. The SMILES string of the molecule is Cc1ccc(-c2ccsc2C(=O)NC(C)C(=O)NCc2ccco2)cc1. The predicted molar refractivity (Wildman–Crippen MR) is 102 cm³/mol. The van der Waals surface area contributed by atoms with Crippen molar-refractivity contribution in [3.63, 3.8) is 0 Å². The molecule has 3 aromatic rings. The molecular weight excluding hydrogens is 348 g/mol. The van der Waals surface area contributed by atoms with Gasteiger partial charge < -0.3 is 15.1 Å². The van der Waals surface area contributed by atoms with Gasteiger partial charge in [0.25, 0.3) is 5.91 Å². The van der Waals surface area contributed by atoms with Gasteiger partial charge in [-0.2, -0.15) is 0 Å². The molecule has 2 amide bonds. The smallest absolute Gasteiger partial charge is 0.262 e. The number of benzene rings is 1. The molecule has 0 radical (unpaired) electrons. The van der Waals surface area contributed by atoms with Crippen LogP contribution in [-0.4, -0.2) is 17.9 Å². The summed E-state index contributed by atoms with van der Waals surface area (Å²) < 4.78 is 5.18. The van der Waals surface area contributed by atoms with Crippen LogP contribution in [0.15, 0.2) is 58.5 Å². The van der Waals surface area contributed by atoms with Crippen LogP contribution in [0.3, 0.4) is 0 Å². The number of furan rings is 1. The normalized spacial score (nSPS) is 11.8. The summed E-state index contributed by atoms with van der Waals surface area (Å²) >= 11 is 1.36. The summed E-state index contributed by atoms with van der Waals surface area (Å²) in [7, 11) is 0. The number of hydrogen-bond acceptors (Lipinski definition) is 4. The van der Waals surface area contributed by atoms with Crippen molar-refractivity contribution >= 4 is 23.2 Å². The van der Waals surface area contributed by atoms with Crippen molar-refractivity contribution in [2.75, 3.05) is 0 Å². The third kappa shape index (κ3) is 4.21. The summed E-state index contributed by atoms with van der Waals surface area (Å²) in [6, 6.07) is 12.8. The van der Waals surface area contributed by atoms with E-state index in [1.54, 1.807) is 25.3 Å². The summed E-state index contributed by atoms with van der Waals surface area (Å²) in [6.07, 6.45) is 1.55. The second-order valence-electron chi connectivity index (χ2n) is 6.02. The molecule has 26 heavy (non-hydrogen) atoms. The van der Waals surface area contributed by atoms with E-state index in [-0.39, 0.29) is 11.8 Å². The molecule has 3 rings (SSSR count). The minimum absolute atomic E-state index is 0.253. The van der Waals surface area contributed by atoms with Gasteiger partial charge in [-0.05, 0) is 43.0 Å². The number of aryl methyl sites for hydroxylation is 1. The predicted octanol–water partition coefficient (Wildman–Crippen LogP) is 3.75. The van der Waals surface area contributed by atoms with Gasteiger partial charge in [-0.1, -0.05) is 29.8 Å². The second kappa shape index (κ2) is 8.01. The van der Waals surface area contributed by atoms with Gasteiger partial charge in [-0.25, -0.2) is 0 Å². The molecule has 2 N–H and O–H groups in total. The topological polar surface area (TPSA) is 71.3 Å². The second-order valence-corrected chi connectivity index (χ2v) is 6.94. The number of carbonyl (C=O) groups excluding carboxylic acids is 2. The summed E-state index contributed by atoms with van der Waals surface area (Å²) in [5.74, 6) is 0.149. The fourth-order valence-electron chi connectivity index (χ4n) is 2.51. The van der Waals surface area contributed by atoms with Crippen LogP contribution in [-0.2, 0) is 11.3 Å². The minimum atomic E-state index is -0.648. The fraction of sp³-hybridized carbons (Fsp3) is 0.200. The van der Waals surface area contributed by atoms with E-state index in [4.69, 9.17) is 4.42 Å². The first kappa shape index (κ1) is 17.9. The van der Waals surface area contributed by atoms with E-state index in [0.29, 0.717) is 17.2 Å². The van der Waals surface area contributed by atoms with E-state index in [2.05, 4.69) is 10.6 Å². The number of hydrogen-bond donors (Lipinski definition) is 2. The van der Waals surface area contributed by atoms with E-state index < -0.39 is 6.04 Å². The van der Waals surface area contributed by atoms with Gasteiger partial charge in [0, 0.05) is 5.56 Å². The van der Waals surface area contributed by atoms with Crippen molar-refractivity contribution in [1.29, 1.82) is 0 Å². The standard InChI is InChI=1S/C20H20N2O3S/c1-13-5-7-15(8-6-13)17-9-11-26-18(17)20(24)22-14(2)19(23)21-12-16-4-3-10-25-16/h3-11,14H,12H2,1-2H3,(H,21,23)(H,22,24). The van der Waals surface area contributed by atoms with Crippen LogP contribution in [0.5, 0.6) is 0 Å². The zero-order chi connectivity index (χ0) is 18.5. The Morgan fingerprint density at radius 1 is 1.15 bits per heavy atom. The first-order valence-corrected chi connectivity index (χ1v) is 9.18. The van der Waals surface area contributed by atoms with Crippen molar-refractivity contribution in [2.45, 2.75) is 26.4 Å². The highest BCUT2D eigenvalue weighted by molar-refractivity contribution is 7.12. The van der Waals surface area contributed by atoms with Crippen molar-refractivity contribution < 1.29 is 14.0 Å². The van der Waals surface area contributed by atoms with Gasteiger partial charge in [0.1, 0.15) is 11.8 Å². The van der Waals surface area contributed by atoms with E-state index in [0.717, 1.165) is 16.7 Å². The van der Waals surface area contributed by atoms with Crippen LogP contribution < -0.4 is 10.6 Å². The van der Waals surface area contributed by atoms with Gasteiger partial charge in [0.05, 0.1) is 17.7 Å². The molecule has 2 heterocycles. The molecular formula is C20H20N2O3S. The monoisotopic (exact) mass is 368 g/mol. The Morgan fingerprint density at radius 3 is 2.62 bits per heavy atom. The molecule has 0 spiro atoms. The van der Waals surface area contributed by atoms with Gasteiger partial charge in [0.15, 0.2) is 0 Å². The Morgan fingerprint density at radius 2 is 1.92 bits per heavy atom. The van der Waals surface area contributed by atoms with Crippen molar-refractivity contribution in [2.24, 2.45) is 0 Å². The maximum absolute atomic E-state index is 12.6. The molecule has 0 aliphatic carbocycles. The molecule has 1 atom stereocenters. The van der Waals surface area contributed by atoms with E-state index >= 15 is 0 Å². The molecule has 5 nitrogen and oxygen atoms in total. The molecule has 0 fully saturated rings. The Hall–Kier alpha value is -2.86. The van der Waals surface area contributed by atoms with Crippen LogP contribution in [0.2, 0.25) is 0 Å². The summed E-state index contributed by atoms with van der Waals surface area (Å²) in [6.45, 7) is 3.97. The Kier molecular flexibility index (Phi) is 5.53. The van der Waals surface area contributed by atoms with Gasteiger partial charge >= 0.3 is 0 Å². The zero-order valence-electron chi connectivity index (χ0n) is 14.6. The molecule has 6 heteroatoms. The van der Waals surface area contributed by atoms with Crippen molar-refractivity contribution in [3.05, 3.63) is 70.3 Å². The summed E-state index contributed by atoms with van der Waals surface area (Å²) in [5.41, 5.74) is 3.02. The quantitative estimate of drug-likeness (QED) is 0.696. The summed E-state index contributed by atoms with van der Waals surface area (Å²) in [4.78, 5) is 25.4. The van der Waals surface area contributed by atoms with Crippen LogP contribution in [0.25, 0.3) is 11.1 Å². The maximum Gasteiger partial charge on any atom is 0.262 e. The van der Waals surface area contributed by atoms with E-state index in [1.165, 1.54) is 11.3 Å². The lowest BCUT2D eigenvalue weighted by Crippen LogP contribution is -2.44. The molecule has 0 bridgehead atoms. The molecule has 0 aliphatic heterocycles. The van der Waals surface area contributed by atoms with Crippen LogP contribution >= 0.6 is 11.3 Å². The Labute approximate surface area is 156 Å². The number of thiophene rings is 1.